The minimum atomic E-state index is -0.436. The van der Waals surface area contributed by atoms with Crippen LogP contribution in [-0.4, -0.2) is 55.2 Å². The smallest absolute Gasteiger partial charge is 0.407 e. The second-order valence-corrected chi connectivity index (χ2v) is 5.89. The van der Waals surface area contributed by atoms with Gasteiger partial charge in [-0.05, 0) is 27.2 Å². The van der Waals surface area contributed by atoms with Gasteiger partial charge in [-0.25, -0.2) is 4.79 Å². The third-order valence-electron chi connectivity index (χ3n) is 3.04. The number of hydrogen-bond acceptors (Lipinski definition) is 4. The standard InChI is InChI=1S/C13H25N3O3/c1-13(2,3)14-7-5-11(17)16-8-6-10(9-16)15-12(18)19-4/h10,14H,5-9H2,1-4H3,(H,15,18). The molecule has 1 aliphatic heterocycles. The summed E-state index contributed by atoms with van der Waals surface area (Å²) in [6.45, 7) is 8.16. The number of nitrogens with zero attached hydrogens (tertiary/aromatic N) is 1. The Hall–Kier alpha value is -1.30. The normalized spacial score (nSPS) is 19.4. The number of likely N-dealkylation sites (tertiary alicyclic amines) is 1. The third kappa shape index (κ3) is 5.92. The minimum absolute atomic E-state index is 0.00646. The maximum Gasteiger partial charge on any atom is 0.407 e. The molecule has 0 spiro atoms. The molecule has 0 aromatic rings. The number of carbonyl (C=O) groups is 2. The zero-order valence-electron chi connectivity index (χ0n) is 12.3. The van der Waals surface area contributed by atoms with Crippen molar-refractivity contribution in [2.45, 2.75) is 45.2 Å². The molecule has 0 radical (unpaired) electrons. The van der Waals surface area contributed by atoms with E-state index in [2.05, 4.69) is 36.1 Å². The number of methoxy groups -OCH3 is 1. The zero-order chi connectivity index (χ0) is 14.5. The average Bonchev–Trinajstić information content (AvgIpc) is 2.75. The molecule has 0 bridgehead atoms. The number of carbonyl (C=O) groups excluding carboxylic acids is 2. The van der Waals surface area contributed by atoms with Gasteiger partial charge < -0.3 is 20.3 Å². The highest BCUT2D eigenvalue weighted by Crippen LogP contribution is 2.10. The van der Waals surface area contributed by atoms with Crippen LogP contribution in [0.15, 0.2) is 0 Å². The Morgan fingerprint density at radius 3 is 2.63 bits per heavy atom. The van der Waals surface area contributed by atoms with Crippen LogP contribution in [0.5, 0.6) is 0 Å². The average molecular weight is 271 g/mol. The van der Waals surface area contributed by atoms with Gasteiger partial charge in [0.25, 0.3) is 0 Å². The van der Waals surface area contributed by atoms with Crippen molar-refractivity contribution in [3.05, 3.63) is 0 Å². The monoisotopic (exact) mass is 271 g/mol. The van der Waals surface area contributed by atoms with Gasteiger partial charge in [-0.1, -0.05) is 0 Å². The Bertz CT molecular complexity index is 326. The molecule has 6 heteroatoms. The lowest BCUT2D eigenvalue weighted by Crippen LogP contribution is -2.41. The van der Waals surface area contributed by atoms with E-state index in [1.165, 1.54) is 7.11 Å². The van der Waals surface area contributed by atoms with Gasteiger partial charge in [-0.3, -0.25) is 4.79 Å². The molecular weight excluding hydrogens is 246 g/mol. The van der Waals surface area contributed by atoms with Crippen LogP contribution in [0.3, 0.4) is 0 Å². The molecule has 1 fully saturated rings. The van der Waals surface area contributed by atoms with Crippen LogP contribution in [0.2, 0.25) is 0 Å². The van der Waals surface area contributed by atoms with Crippen molar-refractivity contribution in [2.75, 3.05) is 26.7 Å². The first-order valence-electron chi connectivity index (χ1n) is 6.69. The largest absolute Gasteiger partial charge is 0.453 e. The van der Waals surface area contributed by atoms with Crippen LogP contribution in [0.25, 0.3) is 0 Å². The van der Waals surface area contributed by atoms with E-state index < -0.39 is 6.09 Å². The fourth-order valence-corrected chi connectivity index (χ4v) is 2.03. The van der Waals surface area contributed by atoms with E-state index in [1.807, 2.05) is 0 Å². The van der Waals surface area contributed by atoms with Gasteiger partial charge in [0.05, 0.1) is 13.2 Å². The summed E-state index contributed by atoms with van der Waals surface area (Å²) in [7, 11) is 1.34. The molecule has 2 amide bonds. The summed E-state index contributed by atoms with van der Waals surface area (Å²) in [5, 5.41) is 6.01. The Morgan fingerprint density at radius 1 is 1.37 bits per heavy atom. The van der Waals surface area contributed by atoms with Crippen molar-refractivity contribution in [3.8, 4) is 0 Å². The Kier molecular flexibility index (Phi) is 5.60. The van der Waals surface area contributed by atoms with Crippen molar-refractivity contribution in [1.82, 2.24) is 15.5 Å². The summed E-state index contributed by atoms with van der Waals surface area (Å²) >= 11 is 0. The first-order chi connectivity index (χ1) is 8.81. The topological polar surface area (TPSA) is 70.7 Å². The molecule has 1 aliphatic rings. The first kappa shape index (κ1) is 15.8. The SMILES string of the molecule is COC(=O)NC1CCN(C(=O)CCNC(C)(C)C)C1. The summed E-state index contributed by atoms with van der Waals surface area (Å²) in [5.74, 6) is 0.130. The van der Waals surface area contributed by atoms with E-state index in [0.29, 0.717) is 26.1 Å². The van der Waals surface area contributed by atoms with E-state index in [1.54, 1.807) is 4.90 Å². The molecule has 0 aliphatic carbocycles. The van der Waals surface area contributed by atoms with E-state index >= 15 is 0 Å². The minimum Gasteiger partial charge on any atom is -0.453 e. The molecule has 1 heterocycles. The molecule has 19 heavy (non-hydrogen) atoms. The Labute approximate surface area is 114 Å². The number of amides is 2. The van der Waals surface area contributed by atoms with Crippen molar-refractivity contribution in [3.63, 3.8) is 0 Å². The van der Waals surface area contributed by atoms with Gasteiger partial charge in [0.1, 0.15) is 0 Å². The number of alkyl carbamates (subject to hydrolysis) is 1. The predicted octanol–water partition coefficient (Wildman–Crippen LogP) is 0.721. The second kappa shape index (κ2) is 6.75. The molecule has 110 valence electrons. The van der Waals surface area contributed by atoms with Crippen molar-refractivity contribution in [2.24, 2.45) is 0 Å². The lowest BCUT2D eigenvalue weighted by molar-refractivity contribution is -0.130. The van der Waals surface area contributed by atoms with E-state index in [4.69, 9.17) is 0 Å². The highest BCUT2D eigenvalue weighted by Gasteiger charge is 2.27. The van der Waals surface area contributed by atoms with Gasteiger partial charge in [0.2, 0.25) is 5.91 Å². The van der Waals surface area contributed by atoms with Crippen LogP contribution in [-0.2, 0) is 9.53 Å². The van der Waals surface area contributed by atoms with Crippen molar-refractivity contribution >= 4 is 12.0 Å². The maximum absolute atomic E-state index is 12.0. The van der Waals surface area contributed by atoms with Crippen LogP contribution < -0.4 is 10.6 Å². The molecule has 1 rings (SSSR count). The highest BCUT2D eigenvalue weighted by atomic mass is 16.5. The maximum atomic E-state index is 12.0. The molecule has 0 saturated carbocycles. The highest BCUT2D eigenvalue weighted by molar-refractivity contribution is 5.77. The molecule has 2 N–H and O–H groups in total. The van der Waals surface area contributed by atoms with Gasteiger partial charge in [-0.15, -0.1) is 0 Å². The fraction of sp³-hybridized carbons (Fsp3) is 0.846. The first-order valence-corrected chi connectivity index (χ1v) is 6.69. The molecule has 1 atom stereocenters. The number of nitrogens with one attached hydrogen (secondary N) is 2. The van der Waals surface area contributed by atoms with Gasteiger partial charge in [-0.2, -0.15) is 0 Å². The van der Waals surface area contributed by atoms with Crippen LogP contribution in [0.4, 0.5) is 4.79 Å². The van der Waals surface area contributed by atoms with Gasteiger partial charge >= 0.3 is 6.09 Å². The molecular formula is C13H25N3O3. The lowest BCUT2D eigenvalue weighted by Gasteiger charge is -2.22. The summed E-state index contributed by atoms with van der Waals surface area (Å²) in [6.07, 6.45) is 0.837. The molecule has 1 unspecified atom stereocenters. The molecule has 6 nitrogen and oxygen atoms in total. The molecule has 0 aromatic heterocycles. The summed E-state index contributed by atoms with van der Waals surface area (Å²) in [6, 6.07) is 0.00646. The Balaban J connectivity index is 2.26. The van der Waals surface area contributed by atoms with E-state index in [-0.39, 0.29) is 17.5 Å². The number of rotatable bonds is 4. The second-order valence-electron chi connectivity index (χ2n) is 5.89. The summed E-state index contributed by atoms with van der Waals surface area (Å²) in [5.41, 5.74) is 0.0280. The summed E-state index contributed by atoms with van der Waals surface area (Å²) in [4.78, 5) is 24.9. The van der Waals surface area contributed by atoms with Crippen molar-refractivity contribution < 1.29 is 14.3 Å². The van der Waals surface area contributed by atoms with Crippen LogP contribution >= 0.6 is 0 Å². The van der Waals surface area contributed by atoms with Crippen LogP contribution in [0.1, 0.15) is 33.6 Å². The lowest BCUT2D eigenvalue weighted by atomic mass is 10.1. The molecule has 0 aromatic carbocycles. The van der Waals surface area contributed by atoms with Gasteiger partial charge in [0.15, 0.2) is 0 Å². The predicted molar refractivity (Wildman–Crippen MR) is 72.9 cm³/mol. The van der Waals surface area contributed by atoms with E-state index in [9.17, 15) is 9.59 Å². The van der Waals surface area contributed by atoms with Crippen LogP contribution in [0, 0.1) is 0 Å². The fourth-order valence-electron chi connectivity index (χ4n) is 2.03. The number of hydrogen-bond donors (Lipinski definition) is 2. The Morgan fingerprint density at radius 2 is 2.05 bits per heavy atom. The zero-order valence-corrected chi connectivity index (χ0v) is 12.3. The van der Waals surface area contributed by atoms with E-state index in [0.717, 1.165) is 6.42 Å². The molecule has 1 saturated heterocycles. The third-order valence-corrected chi connectivity index (χ3v) is 3.04. The summed E-state index contributed by atoms with van der Waals surface area (Å²) < 4.78 is 4.55. The number of ether oxygens (including phenoxy) is 1. The quantitative estimate of drug-likeness (QED) is 0.790. The van der Waals surface area contributed by atoms with Gasteiger partial charge in [0, 0.05) is 31.6 Å². The van der Waals surface area contributed by atoms with Crippen molar-refractivity contribution in [1.29, 1.82) is 0 Å².